The van der Waals surface area contributed by atoms with E-state index in [-0.39, 0.29) is 13.1 Å². The van der Waals surface area contributed by atoms with Crippen LogP contribution >= 0.6 is 0 Å². The van der Waals surface area contributed by atoms with Crippen LogP contribution in [0.1, 0.15) is 6.42 Å². The zero-order valence-electron chi connectivity index (χ0n) is 13.9. The topological polar surface area (TPSA) is 93.7 Å². The maximum absolute atomic E-state index is 12.3. The van der Waals surface area contributed by atoms with Gasteiger partial charge < -0.3 is 13.3 Å². The highest BCUT2D eigenvalue weighted by atomic mass is 28.4. The lowest BCUT2D eigenvalue weighted by atomic mass is 10.5. The maximum atomic E-state index is 12.3. The normalized spacial score (nSPS) is 11.7. The highest BCUT2D eigenvalue weighted by molar-refractivity contribution is 6.60. The second kappa shape index (κ2) is 8.20. The van der Waals surface area contributed by atoms with E-state index in [0.717, 1.165) is 13.7 Å². The lowest BCUT2D eigenvalue weighted by molar-refractivity contribution is 0.122. The Hall–Kier alpha value is -1.75. The van der Waals surface area contributed by atoms with Gasteiger partial charge in [0, 0.05) is 41.0 Å². The first-order chi connectivity index (χ1) is 10.9. The number of nitrogens with zero attached hydrogens (tertiary/aromatic N) is 3. The molecule has 0 aliphatic carbocycles. The Morgan fingerprint density at radius 2 is 1.52 bits per heavy atom. The lowest BCUT2D eigenvalue weighted by Crippen LogP contribution is -2.53. The molecule has 0 spiro atoms. The first kappa shape index (κ1) is 19.3. The summed E-state index contributed by atoms with van der Waals surface area (Å²) >= 11 is 0. The van der Waals surface area contributed by atoms with Crippen LogP contribution in [0.3, 0.4) is 0 Å². The molecule has 0 radical (unpaired) electrons. The highest BCUT2D eigenvalue weighted by Gasteiger charge is 2.37. The van der Waals surface area contributed by atoms with E-state index in [9.17, 15) is 14.4 Å². The van der Waals surface area contributed by atoms with Gasteiger partial charge in [-0.25, -0.2) is 28.1 Å². The van der Waals surface area contributed by atoms with E-state index in [1.54, 1.807) is 0 Å². The second-order valence-electron chi connectivity index (χ2n) is 4.86. The van der Waals surface area contributed by atoms with Crippen LogP contribution in [0, 0.1) is 0 Å². The zero-order valence-corrected chi connectivity index (χ0v) is 14.9. The molecule has 0 bridgehead atoms. The minimum Gasteiger partial charge on any atom is -0.377 e. The van der Waals surface area contributed by atoms with Crippen molar-refractivity contribution >= 4 is 8.80 Å². The zero-order chi connectivity index (χ0) is 17.6. The van der Waals surface area contributed by atoms with Gasteiger partial charge in [-0.3, -0.25) is 0 Å². The SMILES string of the molecule is C=CCn1c(=O)n(C)c(=O)n(CCC[Si](OC)(OC)OC)c1=O. The van der Waals surface area contributed by atoms with Gasteiger partial charge in [-0.1, -0.05) is 6.08 Å². The third-order valence-electron chi connectivity index (χ3n) is 3.61. The Morgan fingerprint density at radius 1 is 1.00 bits per heavy atom. The van der Waals surface area contributed by atoms with E-state index in [1.165, 1.54) is 34.5 Å². The molecule has 130 valence electrons. The van der Waals surface area contributed by atoms with Gasteiger partial charge >= 0.3 is 25.9 Å². The van der Waals surface area contributed by atoms with Gasteiger partial charge in [-0.05, 0) is 6.42 Å². The fourth-order valence-corrected chi connectivity index (χ4v) is 3.94. The summed E-state index contributed by atoms with van der Waals surface area (Å²) in [5.74, 6) is 0. The quantitative estimate of drug-likeness (QED) is 0.428. The van der Waals surface area contributed by atoms with Crippen LogP contribution in [0.25, 0.3) is 0 Å². The van der Waals surface area contributed by atoms with E-state index < -0.39 is 25.9 Å². The molecular weight excluding hydrogens is 322 g/mol. The molecule has 0 fully saturated rings. The molecule has 23 heavy (non-hydrogen) atoms. The summed E-state index contributed by atoms with van der Waals surface area (Å²) < 4.78 is 18.8. The van der Waals surface area contributed by atoms with Crippen molar-refractivity contribution in [3.8, 4) is 0 Å². The molecule has 1 rings (SSSR count). The molecule has 1 heterocycles. The molecule has 1 aromatic heterocycles. The summed E-state index contributed by atoms with van der Waals surface area (Å²) in [5, 5.41) is 0. The molecule has 0 aliphatic heterocycles. The Balaban J connectivity index is 3.11. The van der Waals surface area contributed by atoms with E-state index >= 15 is 0 Å². The van der Waals surface area contributed by atoms with Crippen molar-refractivity contribution in [2.24, 2.45) is 7.05 Å². The van der Waals surface area contributed by atoms with Crippen molar-refractivity contribution in [1.82, 2.24) is 13.7 Å². The van der Waals surface area contributed by atoms with Gasteiger partial charge in [0.1, 0.15) is 0 Å². The molecular formula is C13H23N3O6Si. The van der Waals surface area contributed by atoms with Crippen molar-refractivity contribution < 1.29 is 13.3 Å². The van der Waals surface area contributed by atoms with Crippen LogP contribution in [0.5, 0.6) is 0 Å². The van der Waals surface area contributed by atoms with Gasteiger partial charge in [-0.15, -0.1) is 6.58 Å². The van der Waals surface area contributed by atoms with Crippen molar-refractivity contribution in [1.29, 1.82) is 0 Å². The first-order valence-corrected chi connectivity index (χ1v) is 8.97. The van der Waals surface area contributed by atoms with Gasteiger partial charge in [0.25, 0.3) is 0 Å². The molecule has 0 saturated carbocycles. The minimum absolute atomic E-state index is 0.0404. The van der Waals surface area contributed by atoms with Crippen LogP contribution in [-0.4, -0.2) is 43.8 Å². The Bertz CT molecular complexity index is 708. The molecule has 0 aromatic carbocycles. The van der Waals surface area contributed by atoms with Gasteiger partial charge in [-0.2, -0.15) is 0 Å². The maximum Gasteiger partial charge on any atom is 0.500 e. The smallest absolute Gasteiger partial charge is 0.377 e. The molecule has 0 amide bonds. The van der Waals surface area contributed by atoms with Gasteiger partial charge in [0.05, 0.1) is 6.54 Å². The lowest BCUT2D eigenvalue weighted by Gasteiger charge is -2.24. The molecule has 0 N–H and O–H groups in total. The first-order valence-electron chi connectivity index (χ1n) is 7.04. The standard InChI is InChI=1S/C13H23N3O6Si/c1-6-8-15-11(17)14(2)12(18)16(13(15)19)9-7-10-23(20-3,21-4)22-5/h6H,1,7-10H2,2-5H3. The summed E-state index contributed by atoms with van der Waals surface area (Å²) in [6.45, 7) is 3.68. The summed E-state index contributed by atoms with van der Waals surface area (Å²) in [4.78, 5) is 36.4. The van der Waals surface area contributed by atoms with E-state index in [1.807, 2.05) is 0 Å². The third kappa shape index (κ3) is 3.96. The summed E-state index contributed by atoms with van der Waals surface area (Å²) in [7, 11) is 3.05. The molecule has 1 aromatic rings. The van der Waals surface area contributed by atoms with Crippen LogP contribution < -0.4 is 17.1 Å². The fourth-order valence-electron chi connectivity index (χ4n) is 2.24. The number of hydrogen-bond donors (Lipinski definition) is 0. The summed E-state index contributed by atoms with van der Waals surface area (Å²) in [5.41, 5.74) is -1.97. The van der Waals surface area contributed by atoms with Gasteiger partial charge in [0.2, 0.25) is 0 Å². The number of aromatic nitrogens is 3. The molecule has 0 saturated heterocycles. The third-order valence-corrected chi connectivity index (χ3v) is 6.44. The van der Waals surface area contributed by atoms with Crippen LogP contribution in [0.4, 0.5) is 0 Å². The average molecular weight is 345 g/mol. The summed E-state index contributed by atoms with van der Waals surface area (Å²) in [6.07, 6.45) is 1.86. The average Bonchev–Trinajstić information content (AvgIpc) is 2.57. The Kier molecular flexibility index (Phi) is 6.88. The van der Waals surface area contributed by atoms with Crippen LogP contribution in [0.2, 0.25) is 6.04 Å². The minimum atomic E-state index is -2.77. The van der Waals surface area contributed by atoms with E-state index in [2.05, 4.69) is 6.58 Å². The monoisotopic (exact) mass is 345 g/mol. The number of allylic oxidation sites excluding steroid dienone is 1. The van der Waals surface area contributed by atoms with Crippen molar-refractivity contribution in [3.05, 3.63) is 44.1 Å². The second-order valence-corrected chi connectivity index (χ2v) is 7.95. The van der Waals surface area contributed by atoms with Crippen LogP contribution in [0.15, 0.2) is 27.0 Å². The molecule has 10 heteroatoms. The van der Waals surface area contributed by atoms with Crippen LogP contribution in [-0.2, 0) is 33.4 Å². The van der Waals surface area contributed by atoms with E-state index in [0.29, 0.717) is 12.5 Å². The molecule has 9 nitrogen and oxygen atoms in total. The van der Waals surface area contributed by atoms with Crippen molar-refractivity contribution in [3.63, 3.8) is 0 Å². The largest absolute Gasteiger partial charge is 0.500 e. The number of rotatable bonds is 9. The molecule has 0 unspecified atom stereocenters. The Labute approximate surface area is 134 Å². The number of hydrogen-bond acceptors (Lipinski definition) is 6. The predicted molar refractivity (Wildman–Crippen MR) is 86.6 cm³/mol. The van der Waals surface area contributed by atoms with Gasteiger partial charge in [0.15, 0.2) is 0 Å². The van der Waals surface area contributed by atoms with E-state index in [4.69, 9.17) is 13.3 Å². The predicted octanol–water partition coefficient (Wildman–Crippen LogP) is -0.837. The van der Waals surface area contributed by atoms with Crippen molar-refractivity contribution in [2.75, 3.05) is 21.3 Å². The molecule has 0 atom stereocenters. The molecule has 0 aliphatic rings. The Morgan fingerprint density at radius 3 is 2.00 bits per heavy atom. The summed E-state index contributed by atoms with van der Waals surface area (Å²) in [6, 6.07) is 0.437. The van der Waals surface area contributed by atoms with Crippen molar-refractivity contribution in [2.45, 2.75) is 25.6 Å². The highest BCUT2D eigenvalue weighted by Crippen LogP contribution is 2.14. The fraction of sp³-hybridized carbons (Fsp3) is 0.615.